The summed E-state index contributed by atoms with van der Waals surface area (Å²) in [4.78, 5) is 12.8. The summed E-state index contributed by atoms with van der Waals surface area (Å²) in [5, 5.41) is 31.3. The third kappa shape index (κ3) is 2.70. The molecule has 4 unspecified atom stereocenters. The number of hydrogen-bond donors (Lipinski definition) is 4. The number of aliphatic hydroxyl groups excluding tert-OH is 3. The molecule has 1 saturated heterocycles. The molecule has 1 aliphatic heterocycles. The van der Waals surface area contributed by atoms with Crippen LogP contribution < -0.4 is 5.32 Å². The van der Waals surface area contributed by atoms with Crippen LogP contribution >= 0.6 is 0 Å². The second kappa shape index (κ2) is 5.58. The molecule has 0 aromatic carbocycles. The van der Waals surface area contributed by atoms with E-state index in [1.807, 2.05) is 0 Å². The Labute approximate surface area is 94.9 Å². The molecule has 1 aliphatic rings. The number of β-amino-alcohol motifs (C(OH)–C–C–N with tert-alkyl or cyclic N) is 1. The van der Waals surface area contributed by atoms with Gasteiger partial charge in [-0.05, 0) is 0 Å². The molecule has 1 fully saturated rings. The van der Waals surface area contributed by atoms with Crippen molar-refractivity contribution in [3.05, 3.63) is 0 Å². The molecule has 4 N–H and O–H groups in total. The van der Waals surface area contributed by atoms with Crippen LogP contribution in [0.15, 0.2) is 0 Å². The average Bonchev–Trinajstić information content (AvgIpc) is 2.26. The summed E-state index contributed by atoms with van der Waals surface area (Å²) >= 11 is 0. The van der Waals surface area contributed by atoms with Gasteiger partial charge in [0.1, 0.15) is 0 Å². The van der Waals surface area contributed by atoms with Crippen molar-refractivity contribution < 1.29 is 20.1 Å². The van der Waals surface area contributed by atoms with Crippen molar-refractivity contribution in [3.63, 3.8) is 0 Å². The lowest BCUT2D eigenvalue weighted by Crippen LogP contribution is -2.60. The number of carbonyl (C=O) groups excluding carboxylic acids is 1. The summed E-state index contributed by atoms with van der Waals surface area (Å²) in [5.41, 5.74) is 0. The molecule has 94 valence electrons. The Morgan fingerprint density at radius 3 is 2.62 bits per heavy atom. The molecule has 0 aromatic rings. The highest BCUT2D eigenvalue weighted by molar-refractivity contribution is 5.77. The fraction of sp³-hybridized carbons (Fsp3) is 0.900. The fourth-order valence-electron chi connectivity index (χ4n) is 2.00. The number of nitrogens with zero attached hydrogens (tertiary/aromatic N) is 1. The maximum atomic E-state index is 11.2. The van der Waals surface area contributed by atoms with Gasteiger partial charge < -0.3 is 20.6 Å². The number of aliphatic hydroxyl groups is 3. The van der Waals surface area contributed by atoms with Gasteiger partial charge in [-0.3, -0.25) is 9.69 Å². The first-order valence-corrected chi connectivity index (χ1v) is 5.42. The van der Waals surface area contributed by atoms with Crippen molar-refractivity contribution >= 4 is 5.91 Å². The van der Waals surface area contributed by atoms with Gasteiger partial charge in [-0.2, -0.15) is 0 Å². The number of amides is 1. The lowest BCUT2D eigenvalue weighted by atomic mass is 9.87. The zero-order valence-corrected chi connectivity index (χ0v) is 9.63. The molecular weight excluding hydrogens is 212 g/mol. The third-order valence-electron chi connectivity index (χ3n) is 3.24. The number of hydrogen-bond acceptors (Lipinski definition) is 5. The average molecular weight is 232 g/mol. The van der Waals surface area contributed by atoms with Gasteiger partial charge >= 0.3 is 0 Å². The second-order valence-corrected chi connectivity index (χ2v) is 4.27. The lowest BCUT2D eigenvalue weighted by Gasteiger charge is -2.43. The first-order chi connectivity index (χ1) is 7.51. The first-order valence-electron chi connectivity index (χ1n) is 5.42. The van der Waals surface area contributed by atoms with E-state index in [2.05, 4.69) is 5.32 Å². The molecule has 0 spiro atoms. The Balaban J connectivity index is 2.70. The van der Waals surface area contributed by atoms with E-state index in [9.17, 15) is 20.1 Å². The molecule has 1 amide bonds. The smallest absolute Gasteiger partial charge is 0.233 e. The molecule has 1 heterocycles. The standard InChI is InChI=1S/C10H20N2O4/c1-6-8(14)3-12(4-9(15)11-2)7(5-13)10(6)16/h6-8,10,13-14,16H,3-5H2,1-2H3,(H,11,15). The normalized spacial score (nSPS) is 36.1. The topological polar surface area (TPSA) is 93.0 Å². The molecule has 0 aromatic heterocycles. The molecule has 6 heteroatoms. The molecule has 6 nitrogen and oxygen atoms in total. The van der Waals surface area contributed by atoms with E-state index in [1.165, 1.54) is 7.05 Å². The van der Waals surface area contributed by atoms with E-state index < -0.39 is 18.2 Å². The van der Waals surface area contributed by atoms with Gasteiger partial charge in [0.05, 0.1) is 31.4 Å². The molecule has 0 saturated carbocycles. The quantitative estimate of drug-likeness (QED) is 0.442. The molecule has 4 atom stereocenters. The molecule has 0 aliphatic carbocycles. The van der Waals surface area contributed by atoms with Crippen molar-refractivity contribution in [1.82, 2.24) is 10.2 Å². The van der Waals surface area contributed by atoms with Gasteiger partial charge in [-0.15, -0.1) is 0 Å². The van der Waals surface area contributed by atoms with E-state index in [0.29, 0.717) is 0 Å². The van der Waals surface area contributed by atoms with Crippen LogP contribution in [0.25, 0.3) is 0 Å². The van der Waals surface area contributed by atoms with Crippen LogP contribution in [-0.4, -0.2) is 71.1 Å². The Bertz CT molecular complexity index is 249. The van der Waals surface area contributed by atoms with Crippen molar-refractivity contribution in [2.24, 2.45) is 5.92 Å². The van der Waals surface area contributed by atoms with Gasteiger partial charge in [0, 0.05) is 19.5 Å². The van der Waals surface area contributed by atoms with Gasteiger partial charge in [0.2, 0.25) is 5.91 Å². The van der Waals surface area contributed by atoms with Crippen molar-refractivity contribution in [2.45, 2.75) is 25.2 Å². The van der Waals surface area contributed by atoms with E-state index in [1.54, 1.807) is 11.8 Å². The van der Waals surface area contributed by atoms with E-state index in [0.717, 1.165) is 0 Å². The van der Waals surface area contributed by atoms with Crippen LogP contribution in [0.5, 0.6) is 0 Å². The minimum atomic E-state index is -0.821. The highest BCUT2D eigenvalue weighted by atomic mass is 16.3. The van der Waals surface area contributed by atoms with Crippen LogP contribution in [0.4, 0.5) is 0 Å². The molecule has 0 bridgehead atoms. The van der Waals surface area contributed by atoms with Gasteiger partial charge in [-0.1, -0.05) is 6.92 Å². The Kier molecular flexibility index (Phi) is 4.67. The number of rotatable bonds is 3. The van der Waals surface area contributed by atoms with E-state index in [-0.39, 0.29) is 31.5 Å². The minimum absolute atomic E-state index is 0.0720. The highest BCUT2D eigenvalue weighted by Gasteiger charge is 2.39. The van der Waals surface area contributed by atoms with Crippen LogP contribution in [0.2, 0.25) is 0 Å². The maximum Gasteiger partial charge on any atom is 0.233 e. The van der Waals surface area contributed by atoms with E-state index in [4.69, 9.17) is 0 Å². The van der Waals surface area contributed by atoms with E-state index >= 15 is 0 Å². The summed E-state index contributed by atoms with van der Waals surface area (Å²) < 4.78 is 0. The molecule has 0 radical (unpaired) electrons. The third-order valence-corrected chi connectivity index (χ3v) is 3.24. The molecular formula is C10H20N2O4. The first kappa shape index (κ1) is 13.4. The van der Waals surface area contributed by atoms with Crippen LogP contribution in [0, 0.1) is 5.92 Å². The summed E-state index contributed by atoms with van der Waals surface area (Å²) in [6.45, 7) is 1.86. The van der Waals surface area contributed by atoms with Crippen LogP contribution in [-0.2, 0) is 4.79 Å². The highest BCUT2D eigenvalue weighted by Crippen LogP contribution is 2.23. The lowest BCUT2D eigenvalue weighted by molar-refractivity contribution is -0.131. The Hall–Kier alpha value is -0.690. The Morgan fingerprint density at radius 2 is 2.12 bits per heavy atom. The number of likely N-dealkylation sites (tertiary alicyclic amines) is 1. The number of likely N-dealkylation sites (N-methyl/N-ethyl adjacent to an activating group) is 1. The monoisotopic (exact) mass is 232 g/mol. The van der Waals surface area contributed by atoms with Crippen molar-refractivity contribution in [1.29, 1.82) is 0 Å². The zero-order valence-electron chi connectivity index (χ0n) is 9.63. The largest absolute Gasteiger partial charge is 0.395 e. The van der Waals surface area contributed by atoms with Crippen molar-refractivity contribution in [3.8, 4) is 0 Å². The van der Waals surface area contributed by atoms with Crippen LogP contribution in [0.3, 0.4) is 0 Å². The predicted octanol–water partition coefficient (Wildman–Crippen LogP) is -2.23. The summed E-state index contributed by atoms with van der Waals surface area (Å²) in [6.07, 6.45) is -1.50. The number of piperidine rings is 1. The molecule has 16 heavy (non-hydrogen) atoms. The number of carbonyl (C=O) groups is 1. The summed E-state index contributed by atoms with van der Waals surface area (Å²) in [5.74, 6) is -0.495. The minimum Gasteiger partial charge on any atom is -0.395 e. The fourth-order valence-corrected chi connectivity index (χ4v) is 2.00. The molecule has 1 rings (SSSR count). The second-order valence-electron chi connectivity index (χ2n) is 4.27. The van der Waals surface area contributed by atoms with Gasteiger partial charge in [0.25, 0.3) is 0 Å². The predicted molar refractivity (Wildman–Crippen MR) is 57.7 cm³/mol. The zero-order chi connectivity index (χ0) is 12.3. The SMILES string of the molecule is CNC(=O)CN1CC(O)C(C)C(O)C1CO. The summed E-state index contributed by atoms with van der Waals surface area (Å²) in [7, 11) is 1.52. The van der Waals surface area contributed by atoms with Crippen LogP contribution in [0.1, 0.15) is 6.92 Å². The van der Waals surface area contributed by atoms with Gasteiger partial charge in [-0.25, -0.2) is 0 Å². The number of nitrogens with one attached hydrogen (secondary N) is 1. The summed E-state index contributed by atoms with van der Waals surface area (Å²) in [6, 6.07) is -0.490. The van der Waals surface area contributed by atoms with Crippen molar-refractivity contribution in [2.75, 3.05) is 26.7 Å². The Morgan fingerprint density at radius 1 is 1.50 bits per heavy atom. The van der Waals surface area contributed by atoms with Gasteiger partial charge in [0.15, 0.2) is 0 Å². The maximum absolute atomic E-state index is 11.2.